The van der Waals surface area contributed by atoms with Gasteiger partial charge in [0.1, 0.15) is 0 Å². The molecule has 0 aliphatic carbocycles. The third-order valence-electron chi connectivity index (χ3n) is 4.72. The minimum absolute atomic E-state index is 0.0440. The van der Waals surface area contributed by atoms with E-state index in [2.05, 4.69) is 48.5 Å². The van der Waals surface area contributed by atoms with Gasteiger partial charge in [0.25, 0.3) is 0 Å². The monoisotopic (exact) mass is 328 g/mol. The lowest BCUT2D eigenvalue weighted by atomic mass is 9.84. The van der Waals surface area contributed by atoms with Gasteiger partial charge in [-0.25, -0.2) is 0 Å². The molecule has 0 aliphatic heterocycles. The molecule has 4 atom stereocenters. The number of carbonyl (C=O) groups is 1. The van der Waals surface area contributed by atoms with Gasteiger partial charge in [-0.05, 0) is 37.0 Å². The van der Waals surface area contributed by atoms with Crippen LogP contribution in [0.2, 0.25) is 0 Å². The van der Waals surface area contributed by atoms with E-state index in [1.807, 2.05) is 6.92 Å². The van der Waals surface area contributed by atoms with E-state index < -0.39 is 0 Å². The second-order valence-corrected chi connectivity index (χ2v) is 7.44. The summed E-state index contributed by atoms with van der Waals surface area (Å²) in [5.41, 5.74) is 0. The summed E-state index contributed by atoms with van der Waals surface area (Å²) in [5, 5.41) is 0. The maximum atomic E-state index is 11.4. The van der Waals surface area contributed by atoms with Gasteiger partial charge in [-0.3, -0.25) is 4.79 Å². The number of hydrogen-bond donors (Lipinski definition) is 0. The highest BCUT2D eigenvalue weighted by Crippen LogP contribution is 2.26. The van der Waals surface area contributed by atoms with Gasteiger partial charge in [0.15, 0.2) is 0 Å². The molecule has 0 aromatic heterocycles. The SMILES string of the molecule is CCC.CCOC(=O)CC(C)CCC(C)C(C)CCC(C)CC. The molecule has 0 spiro atoms. The summed E-state index contributed by atoms with van der Waals surface area (Å²) in [7, 11) is 0. The Labute approximate surface area is 146 Å². The van der Waals surface area contributed by atoms with E-state index in [4.69, 9.17) is 4.74 Å². The Bertz CT molecular complexity index is 263. The maximum Gasteiger partial charge on any atom is 0.306 e. The summed E-state index contributed by atoms with van der Waals surface area (Å²) in [6.07, 6.45) is 8.15. The van der Waals surface area contributed by atoms with Crippen molar-refractivity contribution in [1.29, 1.82) is 0 Å². The fourth-order valence-electron chi connectivity index (χ4n) is 2.47. The van der Waals surface area contributed by atoms with Crippen molar-refractivity contribution in [3.05, 3.63) is 0 Å². The van der Waals surface area contributed by atoms with E-state index in [0.717, 1.165) is 24.2 Å². The van der Waals surface area contributed by atoms with Crippen molar-refractivity contribution in [2.75, 3.05) is 6.61 Å². The minimum atomic E-state index is -0.0440. The molecule has 0 aromatic carbocycles. The van der Waals surface area contributed by atoms with E-state index >= 15 is 0 Å². The molecule has 0 bridgehead atoms. The molecule has 2 heteroatoms. The van der Waals surface area contributed by atoms with Gasteiger partial charge in [-0.15, -0.1) is 0 Å². The van der Waals surface area contributed by atoms with Gasteiger partial charge in [0, 0.05) is 6.42 Å². The standard InChI is InChI=1S/C18H36O2.C3H8/c1-7-14(3)9-11-16(5)17(6)12-10-15(4)13-18(19)20-8-2;1-3-2/h14-17H,7-13H2,1-6H3;3H2,1-2H3. The number of ether oxygens (including phenoxy) is 1. The second-order valence-electron chi connectivity index (χ2n) is 7.44. The molecular weight excluding hydrogens is 284 g/mol. The molecule has 0 N–H and O–H groups in total. The van der Waals surface area contributed by atoms with E-state index in [1.54, 1.807) is 0 Å². The van der Waals surface area contributed by atoms with E-state index in [0.29, 0.717) is 18.9 Å². The Kier molecular flexibility index (Phi) is 17.6. The lowest BCUT2D eigenvalue weighted by Crippen LogP contribution is -2.13. The first kappa shape index (κ1) is 24.7. The molecule has 0 aromatic rings. The third kappa shape index (κ3) is 16.1. The lowest BCUT2D eigenvalue weighted by Gasteiger charge is -2.22. The molecule has 0 rings (SSSR count). The van der Waals surface area contributed by atoms with Crippen LogP contribution in [0.4, 0.5) is 0 Å². The van der Waals surface area contributed by atoms with Crippen LogP contribution in [0.5, 0.6) is 0 Å². The molecule has 0 saturated carbocycles. The van der Waals surface area contributed by atoms with Crippen LogP contribution in [0.25, 0.3) is 0 Å². The average Bonchev–Trinajstić information content (AvgIpc) is 2.50. The van der Waals surface area contributed by atoms with Gasteiger partial charge in [-0.1, -0.05) is 80.6 Å². The molecule has 0 aliphatic rings. The normalized spacial score (nSPS) is 15.8. The first-order chi connectivity index (χ1) is 10.8. The van der Waals surface area contributed by atoms with Gasteiger partial charge < -0.3 is 4.74 Å². The molecule has 0 heterocycles. The third-order valence-corrected chi connectivity index (χ3v) is 4.72. The molecule has 0 amide bonds. The van der Waals surface area contributed by atoms with Crippen molar-refractivity contribution >= 4 is 5.97 Å². The predicted molar refractivity (Wildman–Crippen MR) is 103 cm³/mol. The zero-order valence-corrected chi connectivity index (χ0v) is 17.3. The predicted octanol–water partition coefficient (Wildman–Crippen LogP) is 6.87. The molecule has 140 valence electrons. The Morgan fingerprint density at radius 3 is 1.61 bits per heavy atom. The van der Waals surface area contributed by atoms with Gasteiger partial charge in [0.2, 0.25) is 0 Å². The fourth-order valence-corrected chi connectivity index (χ4v) is 2.47. The van der Waals surface area contributed by atoms with Crippen LogP contribution in [0.1, 0.15) is 100 Å². The quantitative estimate of drug-likeness (QED) is 0.387. The van der Waals surface area contributed by atoms with Crippen molar-refractivity contribution in [3.8, 4) is 0 Å². The first-order valence-corrected chi connectivity index (χ1v) is 9.97. The summed E-state index contributed by atoms with van der Waals surface area (Å²) < 4.78 is 5.01. The summed E-state index contributed by atoms with van der Waals surface area (Å²) >= 11 is 0. The van der Waals surface area contributed by atoms with Crippen LogP contribution in [0, 0.1) is 23.7 Å². The highest BCUT2D eigenvalue weighted by atomic mass is 16.5. The van der Waals surface area contributed by atoms with Crippen LogP contribution < -0.4 is 0 Å². The Morgan fingerprint density at radius 1 is 0.783 bits per heavy atom. The smallest absolute Gasteiger partial charge is 0.306 e. The highest BCUT2D eigenvalue weighted by molar-refractivity contribution is 5.69. The Balaban J connectivity index is 0. The van der Waals surface area contributed by atoms with Crippen molar-refractivity contribution in [1.82, 2.24) is 0 Å². The van der Waals surface area contributed by atoms with Crippen molar-refractivity contribution < 1.29 is 9.53 Å². The number of hydrogen-bond acceptors (Lipinski definition) is 2. The molecule has 4 unspecified atom stereocenters. The van der Waals surface area contributed by atoms with Crippen molar-refractivity contribution in [2.45, 2.75) is 100 Å². The topological polar surface area (TPSA) is 26.3 Å². The van der Waals surface area contributed by atoms with E-state index in [9.17, 15) is 4.79 Å². The average molecular weight is 329 g/mol. The second kappa shape index (κ2) is 16.3. The first-order valence-electron chi connectivity index (χ1n) is 9.97. The zero-order valence-electron chi connectivity index (χ0n) is 17.3. The summed E-state index contributed by atoms with van der Waals surface area (Å²) in [6, 6.07) is 0. The van der Waals surface area contributed by atoms with Crippen LogP contribution in [-0.2, 0) is 9.53 Å². The molecule has 23 heavy (non-hydrogen) atoms. The minimum Gasteiger partial charge on any atom is -0.466 e. The largest absolute Gasteiger partial charge is 0.466 e. The van der Waals surface area contributed by atoms with Gasteiger partial charge in [-0.2, -0.15) is 0 Å². The molecule has 0 radical (unpaired) electrons. The van der Waals surface area contributed by atoms with Gasteiger partial charge in [0.05, 0.1) is 6.61 Å². The number of rotatable bonds is 11. The summed E-state index contributed by atoms with van der Waals surface area (Å²) in [5.74, 6) is 2.80. The fraction of sp³-hybridized carbons (Fsp3) is 0.952. The summed E-state index contributed by atoms with van der Waals surface area (Å²) in [4.78, 5) is 11.4. The lowest BCUT2D eigenvalue weighted by molar-refractivity contribution is -0.144. The molecular formula is C21H44O2. The van der Waals surface area contributed by atoms with Crippen molar-refractivity contribution in [2.24, 2.45) is 23.7 Å². The van der Waals surface area contributed by atoms with E-state index in [1.165, 1.54) is 32.1 Å². The summed E-state index contributed by atoms with van der Waals surface area (Å²) in [6.45, 7) is 18.1. The molecule has 2 nitrogen and oxygen atoms in total. The number of esters is 1. The van der Waals surface area contributed by atoms with Gasteiger partial charge >= 0.3 is 5.97 Å². The van der Waals surface area contributed by atoms with Crippen LogP contribution in [0.3, 0.4) is 0 Å². The van der Waals surface area contributed by atoms with Crippen LogP contribution >= 0.6 is 0 Å². The maximum absolute atomic E-state index is 11.4. The molecule has 0 fully saturated rings. The van der Waals surface area contributed by atoms with Crippen LogP contribution in [-0.4, -0.2) is 12.6 Å². The van der Waals surface area contributed by atoms with Crippen molar-refractivity contribution in [3.63, 3.8) is 0 Å². The zero-order chi connectivity index (χ0) is 18.3. The van der Waals surface area contributed by atoms with Crippen LogP contribution in [0.15, 0.2) is 0 Å². The Hall–Kier alpha value is -0.530. The highest BCUT2D eigenvalue weighted by Gasteiger charge is 2.16. The molecule has 0 saturated heterocycles. The number of carbonyl (C=O) groups excluding carboxylic acids is 1. The van der Waals surface area contributed by atoms with E-state index in [-0.39, 0.29) is 5.97 Å². The Morgan fingerprint density at radius 2 is 1.22 bits per heavy atom.